The molecular formula is C60H67O34+. The molecule has 0 amide bonds. The molecule has 0 radical (unpaired) electrons. The van der Waals surface area contributed by atoms with Gasteiger partial charge in [-0.25, -0.2) is 9.59 Å². The topological polar surface area (TPSA) is 547 Å². The van der Waals surface area contributed by atoms with Crippen LogP contribution in [0.5, 0.6) is 46.0 Å². The molecule has 4 aromatic rings. The normalized spacial score (nSPS) is 32.5. The minimum Gasteiger partial charge on any atom is -0.571 e. The van der Waals surface area contributed by atoms with Crippen molar-refractivity contribution >= 4 is 42.1 Å². The van der Waals surface area contributed by atoms with E-state index in [2.05, 4.69) is 4.74 Å². The lowest BCUT2D eigenvalue weighted by molar-refractivity contribution is -0.296. The van der Waals surface area contributed by atoms with E-state index in [-0.39, 0.29) is 28.4 Å². The number of phenols is 4. The maximum Gasteiger partial charge on any atom is 0.330 e. The van der Waals surface area contributed by atoms with Crippen LogP contribution in [0.4, 0.5) is 0 Å². The molecule has 0 bridgehead atoms. The number of carbonyl (C=O) groups excluding carboxylic acids is 3. The van der Waals surface area contributed by atoms with Crippen molar-refractivity contribution in [3.63, 3.8) is 0 Å². The predicted octanol–water partition coefficient (Wildman–Crippen LogP) is -4.25. The van der Waals surface area contributed by atoms with Crippen molar-refractivity contribution in [2.24, 2.45) is 0 Å². The average molecular weight is 1330 g/mol. The highest BCUT2D eigenvalue weighted by molar-refractivity contribution is 5.90. The number of hydrogen-bond donors (Lipinski definition) is 18. The van der Waals surface area contributed by atoms with Gasteiger partial charge in [0.15, 0.2) is 17.3 Å². The number of rotatable bonds is 22. The van der Waals surface area contributed by atoms with Gasteiger partial charge in [-0.15, -0.1) is 0 Å². The van der Waals surface area contributed by atoms with Crippen LogP contribution in [0.25, 0.3) is 18.2 Å². The standard InChI is InChI=1S/C60H66O34/c61-19-35-44(71)48(75)53(80)58(91-35)88-32-13-25(56-34(17-29-30(64)15-27(63)16-31(29)87-56)90-60-55(82)51(78)47(74)38(94-60)22-85-42(69)18-39(65)66)14-33(43(32)70)89-59-54(81)50(77)46(73)37(93-59)21-84-41(68)12-6-24-3-9-28(10-4-24)86-57-52(79)49(76)45(72)36(92-57)20-83-40(67)11-5-23-1-7-26(62)8-2-23/h1-17,35-38,44-64,70-82H,18-22H2,(H,65,66)/p+1/b11-5+,12-6+/t35-,36-,37+,38-,44-,45-,46-,47-,48+,49+,50+,51+,52-,53+,54-,55-,56?,57-,58-,59-,60-/m1/s1. The van der Waals surface area contributed by atoms with E-state index >= 15 is 0 Å². The second-order valence-electron chi connectivity index (χ2n) is 21.9. The zero-order valence-corrected chi connectivity index (χ0v) is 48.6. The lowest BCUT2D eigenvalue weighted by atomic mass is 9.98. The molecule has 1 unspecified atom stereocenters. The second-order valence-corrected chi connectivity index (χ2v) is 21.9. The van der Waals surface area contributed by atoms with Gasteiger partial charge in [-0.1, -0.05) is 24.3 Å². The van der Waals surface area contributed by atoms with Crippen LogP contribution in [-0.4, -0.2) is 270 Å². The summed E-state index contributed by atoms with van der Waals surface area (Å²) >= 11 is 0. The van der Waals surface area contributed by atoms with E-state index in [0.29, 0.717) is 11.1 Å². The SMILES string of the molecule is O=C(O)CC(=O)OC[C@H]1O[C@@H](OC2=Cc3c(O)cc(O)cc3[OH+]C2c2cc(O[C@@H]3O[C@H](CO)[C@@H](O)[C@H](O)[C@@H]3O)c(O)c(O[C@@H]3O[C@@H](COC(=O)/C=C/c4ccc(O[C@@H]5O[C@H](COC(=O)/C=C/c6ccc(O)cc6)[C@@H](O)[C@H](O)[C@H]5O)cc4)[C@@H](O)[C@H](O)[C@H]3O)c2)[C@H](O)[C@@H](O)[C@@H]1O. The van der Waals surface area contributed by atoms with Crippen molar-refractivity contribution in [1.29, 1.82) is 0 Å². The summed E-state index contributed by atoms with van der Waals surface area (Å²) < 4.78 is 66.1. The number of carboxylic acid groups (broad SMARTS) is 1. The minimum atomic E-state index is -2.20. The zero-order chi connectivity index (χ0) is 68.0. The maximum atomic E-state index is 13.1. The third kappa shape index (κ3) is 16.3. The Balaban J connectivity index is 0.905. The Morgan fingerprint density at radius 1 is 0.479 bits per heavy atom. The number of aliphatic hydroxyl groups excluding tert-OH is 13. The summed E-state index contributed by atoms with van der Waals surface area (Å²) in [6, 6.07) is 15.5. The van der Waals surface area contributed by atoms with E-state index in [0.717, 1.165) is 42.5 Å². The first-order chi connectivity index (χ1) is 44.7. The Bertz CT molecular complexity index is 3390. The summed E-state index contributed by atoms with van der Waals surface area (Å²) in [6.45, 7) is -3.23. The number of carboxylic acids is 1. The van der Waals surface area contributed by atoms with Crippen LogP contribution in [0.15, 0.2) is 90.7 Å². The van der Waals surface area contributed by atoms with Crippen LogP contribution >= 0.6 is 0 Å². The number of ether oxygens (including phenoxy) is 12. The van der Waals surface area contributed by atoms with Gasteiger partial charge in [0.05, 0.1) is 18.2 Å². The van der Waals surface area contributed by atoms with Gasteiger partial charge < -0.3 is 149 Å². The lowest BCUT2D eigenvalue weighted by Gasteiger charge is -2.41. The smallest absolute Gasteiger partial charge is 0.330 e. The van der Waals surface area contributed by atoms with Crippen molar-refractivity contribution in [1.82, 2.24) is 0 Å². The predicted molar refractivity (Wildman–Crippen MR) is 305 cm³/mol. The van der Waals surface area contributed by atoms with Crippen LogP contribution in [0.3, 0.4) is 0 Å². The van der Waals surface area contributed by atoms with Crippen LogP contribution in [0.2, 0.25) is 0 Å². The molecule has 34 heteroatoms. The van der Waals surface area contributed by atoms with Gasteiger partial charge in [-0.3, -0.25) is 9.59 Å². The molecule has 9 rings (SSSR count). The average Bonchev–Trinajstić information content (AvgIpc) is 0.766. The van der Waals surface area contributed by atoms with Crippen LogP contribution in [0.1, 0.15) is 34.8 Å². The van der Waals surface area contributed by atoms with E-state index in [4.69, 9.17) is 57.2 Å². The molecule has 0 aromatic heterocycles. The fourth-order valence-electron chi connectivity index (χ4n) is 10.0. The largest absolute Gasteiger partial charge is 0.571 e. The minimum absolute atomic E-state index is 0.0188. The number of aliphatic hydroxyl groups is 14. The highest BCUT2D eigenvalue weighted by Crippen LogP contribution is 2.49. The first-order valence-electron chi connectivity index (χ1n) is 28.6. The van der Waals surface area contributed by atoms with E-state index in [1.165, 1.54) is 48.6 Å². The number of aliphatic carboxylic acids is 1. The van der Waals surface area contributed by atoms with Crippen LogP contribution < -0.4 is 14.2 Å². The molecule has 4 fully saturated rings. The first kappa shape index (κ1) is 69.8. The van der Waals surface area contributed by atoms with Crippen molar-refractivity contribution < 1.29 is 168 Å². The maximum absolute atomic E-state index is 13.1. The molecule has 4 aromatic carbocycles. The molecule has 21 atom stereocenters. The molecule has 94 heavy (non-hydrogen) atoms. The molecule has 5 aliphatic heterocycles. The third-order valence-electron chi connectivity index (χ3n) is 15.2. The molecule has 19 N–H and O–H groups in total. The highest BCUT2D eigenvalue weighted by Gasteiger charge is 2.51. The lowest BCUT2D eigenvalue weighted by Crippen LogP contribution is -2.60. The van der Waals surface area contributed by atoms with E-state index in [1.54, 1.807) is 12.1 Å². The zero-order valence-electron chi connectivity index (χ0n) is 48.6. The van der Waals surface area contributed by atoms with Crippen LogP contribution in [-0.2, 0) is 57.1 Å². The van der Waals surface area contributed by atoms with Gasteiger partial charge in [-0.05, 0) is 59.7 Å². The molecule has 34 nitrogen and oxygen atoms in total. The molecule has 4 saturated heterocycles. The van der Waals surface area contributed by atoms with Crippen molar-refractivity contribution in [2.45, 2.75) is 135 Å². The van der Waals surface area contributed by atoms with Gasteiger partial charge >= 0.3 is 23.9 Å². The molecule has 5 aliphatic rings. The summed E-state index contributed by atoms with van der Waals surface area (Å²) in [6.07, 6.45) is -35.0. The Morgan fingerprint density at radius 2 is 0.904 bits per heavy atom. The number of esters is 3. The first-order valence-corrected chi connectivity index (χ1v) is 28.6. The summed E-state index contributed by atoms with van der Waals surface area (Å²) in [5.74, 6) is -8.98. The van der Waals surface area contributed by atoms with Gasteiger partial charge in [-0.2, -0.15) is 0 Å². The fraction of sp³-hybridized carbons (Fsp3) is 0.433. The number of carbonyl (C=O) groups is 4. The number of benzene rings is 4. The number of phenolic OH excluding ortho intramolecular Hbond substituents is 4. The third-order valence-corrected chi connectivity index (χ3v) is 15.2. The molecule has 5 heterocycles. The summed E-state index contributed by atoms with van der Waals surface area (Å²) in [4.78, 5) is 48.7. The van der Waals surface area contributed by atoms with Gasteiger partial charge in [0, 0.05) is 24.3 Å². The quantitative estimate of drug-likeness (QED) is 0.0116. The number of aromatic hydroxyl groups is 5. The highest BCUT2D eigenvalue weighted by atomic mass is 16.7. The monoisotopic (exact) mass is 1330 g/mol. The Morgan fingerprint density at radius 3 is 1.37 bits per heavy atom. The summed E-state index contributed by atoms with van der Waals surface area (Å²) in [7, 11) is 0. The van der Waals surface area contributed by atoms with Crippen molar-refractivity contribution in [3.8, 4) is 46.0 Å². The molecule has 0 saturated carbocycles. The van der Waals surface area contributed by atoms with Gasteiger partial charge in [0.2, 0.25) is 30.9 Å². The van der Waals surface area contributed by atoms with E-state index < -0.39 is 220 Å². The second kappa shape index (κ2) is 30.3. The van der Waals surface area contributed by atoms with Crippen molar-refractivity contribution in [3.05, 3.63) is 113 Å². The van der Waals surface area contributed by atoms with E-state index in [1.807, 2.05) is 0 Å². The summed E-state index contributed by atoms with van der Waals surface area (Å²) in [5.41, 5.74) is 0.510. The van der Waals surface area contributed by atoms with E-state index in [9.17, 15) is 106 Å². The molecule has 510 valence electrons. The Hall–Kier alpha value is -8.50. The van der Waals surface area contributed by atoms with Gasteiger partial charge in [0.25, 0.3) is 11.9 Å². The Labute approximate surface area is 529 Å². The number of hydrogen-bond acceptors (Lipinski definition) is 32. The van der Waals surface area contributed by atoms with Crippen LogP contribution in [0, 0.1) is 0 Å². The van der Waals surface area contributed by atoms with Gasteiger partial charge in [0.1, 0.15) is 152 Å². The molecule has 0 spiro atoms. The summed E-state index contributed by atoms with van der Waals surface area (Å²) in [5, 5.41) is 192. The molecule has 0 aliphatic carbocycles. The number of fused-ring (bicyclic) bond motifs is 1. The van der Waals surface area contributed by atoms with Crippen molar-refractivity contribution in [2.75, 3.05) is 26.4 Å². The molecular weight excluding hydrogens is 1260 g/mol. The fourth-order valence-corrected chi connectivity index (χ4v) is 10.0. The Kier molecular flexibility index (Phi) is 22.5.